The van der Waals surface area contributed by atoms with Crippen LogP contribution in [0.5, 0.6) is 0 Å². The van der Waals surface area contributed by atoms with E-state index in [-0.39, 0.29) is 46.5 Å². The summed E-state index contributed by atoms with van der Waals surface area (Å²) in [7, 11) is -10.4. The topological polar surface area (TPSA) is 233 Å². The number of nitrogens with two attached hydrogens (primary N) is 1. The Bertz CT molecular complexity index is 938. The Labute approximate surface area is 178 Å². The molecule has 0 bridgehead atoms. The molecule has 15 nitrogen and oxygen atoms in total. The standard InChI is InChI=1S/C10H15N5O10P2.Na/c11-8-5-9(13-2-12-8)15(3-14-5)10-7(17)6(16)4(24-10)1-23-27(21,22)25-26(18,19)20;/h2-4,6-7,10,16-17H,1H2,(H,21,22)(H2,11,12,13)(H2,18,19,20);/t4-,6-,7-,10-;/m1./s1. The minimum Gasteiger partial charge on any atom is -0.387 e. The Morgan fingerprint density at radius 2 is 1.86 bits per heavy atom. The number of nitrogen functional groups attached to an aromatic ring is 1. The number of rotatable bonds is 6. The molecule has 3 rings (SSSR count). The van der Waals surface area contributed by atoms with E-state index in [1.807, 2.05) is 0 Å². The number of hydrogen-bond acceptors (Lipinski definition) is 11. The second-order valence-corrected chi connectivity index (χ2v) is 8.30. The molecular weight excluding hydrogens is 435 g/mol. The minimum absolute atomic E-state index is 0. The number of ether oxygens (including phenoxy) is 1. The van der Waals surface area contributed by atoms with Crippen LogP contribution in [-0.4, -0.2) is 98.9 Å². The molecule has 7 N–H and O–H groups in total. The second-order valence-electron chi connectivity index (χ2n) is 5.47. The van der Waals surface area contributed by atoms with E-state index >= 15 is 0 Å². The molecule has 2 aromatic rings. The van der Waals surface area contributed by atoms with Gasteiger partial charge in [0.15, 0.2) is 17.7 Å². The molecule has 1 saturated heterocycles. The Kier molecular flexibility index (Phi) is 7.38. The van der Waals surface area contributed by atoms with Gasteiger partial charge in [-0.05, 0) is 0 Å². The summed E-state index contributed by atoms with van der Waals surface area (Å²) >= 11 is 0. The van der Waals surface area contributed by atoms with Crippen molar-refractivity contribution in [3.63, 3.8) is 0 Å². The Hall–Kier alpha value is -0.510. The summed E-state index contributed by atoms with van der Waals surface area (Å²) in [6, 6.07) is 0. The first-order chi connectivity index (χ1) is 12.5. The van der Waals surface area contributed by atoms with Gasteiger partial charge in [-0.1, -0.05) is 0 Å². The number of phosphoric ester groups is 1. The normalized spacial score (nSPS) is 27.5. The van der Waals surface area contributed by atoms with Crippen molar-refractivity contribution in [2.24, 2.45) is 0 Å². The second kappa shape index (κ2) is 8.70. The molecular formula is C10H15N5NaO10P2. The number of imidazole rings is 1. The molecule has 1 radical (unpaired) electrons. The zero-order chi connectivity index (χ0) is 20.0. The van der Waals surface area contributed by atoms with Crippen molar-refractivity contribution < 1.29 is 47.6 Å². The molecule has 0 saturated carbocycles. The fourth-order valence-electron chi connectivity index (χ4n) is 2.48. The van der Waals surface area contributed by atoms with Gasteiger partial charge in [0.1, 0.15) is 30.2 Å². The van der Waals surface area contributed by atoms with Gasteiger partial charge in [0.25, 0.3) is 0 Å². The predicted molar refractivity (Wildman–Crippen MR) is 90.3 cm³/mol. The molecule has 3 heterocycles. The van der Waals surface area contributed by atoms with Crippen molar-refractivity contribution in [3.05, 3.63) is 12.7 Å². The molecule has 0 amide bonds. The van der Waals surface area contributed by atoms with E-state index in [4.69, 9.17) is 20.3 Å². The number of nitrogens with zero attached hydrogens (tertiary/aromatic N) is 4. The van der Waals surface area contributed by atoms with E-state index in [0.717, 1.165) is 6.33 Å². The number of aliphatic hydroxyl groups is 2. The molecule has 1 aliphatic rings. The van der Waals surface area contributed by atoms with Gasteiger partial charge in [0, 0.05) is 29.6 Å². The van der Waals surface area contributed by atoms with Crippen LogP contribution in [0.1, 0.15) is 6.23 Å². The molecule has 2 aromatic heterocycles. The average molecular weight is 450 g/mol. The van der Waals surface area contributed by atoms with Gasteiger partial charge in [-0.15, -0.1) is 0 Å². The maximum absolute atomic E-state index is 11.5. The van der Waals surface area contributed by atoms with Crippen LogP contribution in [0.15, 0.2) is 12.7 Å². The van der Waals surface area contributed by atoms with Crippen LogP contribution in [0.2, 0.25) is 0 Å². The maximum atomic E-state index is 11.5. The summed E-state index contributed by atoms with van der Waals surface area (Å²) in [5, 5.41) is 20.3. The molecule has 5 atom stereocenters. The van der Waals surface area contributed by atoms with E-state index in [1.165, 1.54) is 10.9 Å². The van der Waals surface area contributed by atoms with Crippen LogP contribution >= 0.6 is 15.6 Å². The molecule has 1 fully saturated rings. The van der Waals surface area contributed by atoms with Crippen molar-refractivity contribution in [1.82, 2.24) is 19.5 Å². The average Bonchev–Trinajstić information content (AvgIpc) is 3.07. The van der Waals surface area contributed by atoms with Crippen LogP contribution in [0.4, 0.5) is 5.82 Å². The number of aromatic nitrogens is 4. The van der Waals surface area contributed by atoms with Crippen molar-refractivity contribution in [2.45, 2.75) is 24.5 Å². The minimum atomic E-state index is -5.29. The van der Waals surface area contributed by atoms with Gasteiger partial charge in [0.2, 0.25) is 0 Å². The number of fused-ring (bicyclic) bond motifs is 1. The number of aliphatic hydroxyl groups excluding tert-OH is 2. The van der Waals surface area contributed by atoms with Gasteiger partial charge < -0.3 is 35.4 Å². The Morgan fingerprint density at radius 3 is 2.50 bits per heavy atom. The van der Waals surface area contributed by atoms with Crippen LogP contribution in [0.25, 0.3) is 11.2 Å². The zero-order valence-corrected chi connectivity index (χ0v) is 18.0. The number of anilines is 1. The van der Waals surface area contributed by atoms with Gasteiger partial charge in [-0.3, -0.25) is 9.09 Å². The molecule has 151 valence electrons. The number of hydrogen-bond donors (Lipinski definition) is 6. The van der Waals surface area contributed by atoms with Crippen molar-refractivity contribution in [1.29, 1.82) is 0 Å². The van der Waals surface area contributed by atoms with Gasteiger partial charge in [-0.2, -0.15) is 4.31 Å². The van der Waals surface area contributed by atoms with Gasteiger partial charge in [0.05, 0.1) is 12.9 Å². The van der Waals surface area contributed by atoms with Crippen molar-refractivity contribution in [2.75, 3.05) is 12.3 Å². The summed E-state index contributed by atoms with van der Waals surface area (Å²) < 4.78 is 36.8. The zero-order valence-electron chi connectivity index (χ0n) is 14.2. The Balaban J connectivity index is 0.00000280. The van der Waals surface area contributed by atoms with Gasteiger partial charge in [-0.25, -0.2) is 24.1 Å². The third kappa shape index (κ3) is 5.15. The first kappa shape index (κ1) is 23.8. The fraction of sp³-hybridized carbons (Fsp3) is 0.500. The van der Waals surface area contributed by atoms with E-state index in [9.17, 15) is 24.2 Å². The molecule has 18 heteroatoms. The molecule has 28 heavy (non-hydrogen) atoms. The van der Waals surface area contributed by atoms with Crippen molar-refractivity contribution in [3.8, 4) is 0 Å². The SMILES string of the molecule is Nc1ncnc2c1ncn2[C@@H]1O[C@H](COP(=O)(O)OP(=O)(O)O)[C@@H](O)[C@H]1O.[Na]. The third-order valence-corrected chi connectivity index (χ3v) is 5.76. The molecule has 1 aliphatic heterocycles. The number of phosphoric acid groups is 2. The van der Waals surface area contributed by atoms with E-state index in [0.29, 0.717) is 0 Å². The monoisotopic (exact) mass is 450 g/mol. The summed E-state index contributed by atoms with van der Waals surface area (Å²) in [6.45, 7) is -0.813. The van der Waals surface area contributed by atoms with Crippen LogP contribution in [0, 0.1) is 0 Å². The largest absolute Gasteiger partial charge is 0.481 e. The van der Waals surface area contributed by atoms with Crippen molar-refractivity contribution >= 4 is 62.2 Å². The van der Waals surface area contributed by atoms with Crippen LogP contribution < -0.4 is 5.73 Å². The third-order valence-electron chi connectivity index (χ3n) is 3.61. The quantitative estimate of drug-likeness (QED) is 0.204. The summed E-state index contributed by atoms with van der Waals surface area (Å²) in [5.74, 6) is 0.0856. The van der Waals surface area contributed by atoms with E-state index < -0.39 is 46.8 Å². The Morgan fingerprint density at radius 1 is 1.18 bits per heavy atom. The molecule has 1 unspecified atom stereocenters. The first-order valence-electron chi connectivity index (χ1n) is 7.17. The van der Waals surface area contributed by atoms with Crippen LogP contribution in [0.3, 0.4) is 0 Å². The maximum Gasteiger partial charge on any atom is 0.481 e. The molecule has 0 spiro atoms. The fourth-order valence-corrected chi connectivity index (χ4v) is 4.08. The predicted octanol–water partition coefficient (Wildman–Crippen LogP) is -2.13. The molecule has 0 aromatic carbocycles. The van der Waals surface area contributed by atoms with Gasteiger partial charge >= 0.3 is 15.6 Å². The smallest absolute Gasteiger partial charge is 0.387 e. The molecule has 0 aliphatic carbocycles. The first-order valence-corrected chi connectivity index (χ1v) is 10.2. The summed E-state index contributed by atoms with van der Waals surface area (Å²) in [6.07, 6.45) is -3.20. The summed E-state index contributed by atoms with van der Waals surface area (Å²) in [4.78, 5) is 38.1. The van der Waals surface area contributed by atoms with E-state index in [1.54, 1.807) is 0 Å². The van der Waals surface area contributed by atoms with E-state index in [2.05, 4.69) is 23.8 Å². The van der Waals surface area contributed by atoms with Crippen LogP contribution in [-0.2, 0) is 22.7 Å². The summed E-state index contributed by atoms with van der Waals surface area (Å²) in [5.41, 5.74) is 6.11.